The van der Waals surface area contributed by atoms with Crippen LogP contribution in [0.25, 0.3) is 0 Å². The lowest BCUT2D eigenvalue weighted by Gasteiger charge is -2.08. The fourth-order valence-corrected chi connectivity index (χ4v) is 1.29. The van der Waals surface area contributed by atoms with E-state index in [4.69, 9.17) is 14.6 Å². The molecule has 0 spiro atoms. The lowest BCUT2D eigenvalue weighted by atomic mass is 10.1. The Labute approximate surface area is 105 Å². The van der Waals surface area contributed by atoms with Crippen LogP contribution in [-0.2, 0) is 4.74 Å². The number of carbonyl (C=O) groups is 2. The van der Waals surface area contributed by atoms with Crippen molar-refractivity contribution in [3.63, 3.8) is 0 Å². The second kappa shape index (κ2) is 6.44. The number of aromatic carboxylic acids is 1. The predicted octanol–water partition coefficient (Wildman–Crippen LogP) is 2.13. The van der Waals surface area contributed by atoms with Crippen molar-refractivity contribution in [1.29, 1.82) is 0 Å². The maximum Gasteiger partial charge on any atom is 0.338 e. The van der Waals surface area contributed by atoms with Crippen LogP contribution in [0.15, 0.2) is 30.9 Å². The number of benzene rings is 1. The lowest BCUT2D eigenvalue weighted by Crippen LogP contribution is -2.08. The van der Waals surface area contributed by atoms with Crippen LogP contribution in [-0.4, -0.2) is 30.3 Å². The molecule has 0 bridgehead atoms. The molecule has 1 rings (SSSR count). The third kappa shape index (κ3) is 3.62. The van der Waals surface area contributed by atoms with Gasteiger partial charge >= 0.3 is 11.9 Å². The molecule has 1 aromatic carbocycles. The summed E-state index contributed by atoms with van der Waals surface area (Å²) >= 11 is 0. The van der Waals surface area contributed by atoms with Gasteiger partial charge in [-0.1, -0.05) is 12.7 Å². The van der Waals surface area contributed by atoms with Crippen molar-refractivity contribution in [2.75, 3.05) is 13.2 Å². The topological polar surface area (TPSA) is 72.8 Å². The Morgan fingerprint density at radius 3 is 2.56 bits per heavy atom. The zero-order valence-corrected chi connectivity index (χ0v) is 10.0. The Morgan fingerprint density at radius 2 is 2.00 bits per heavy atom. The standard InChI is InChI=1S/C13H14O5/c1-3-5-18-11-7-9(12(14)15)6-10(8-11)13(16)17-4-2/h3,6-8H,1,4-5H2,2H3,(H,14,15). The van der Waals surface area contributed by atoms with Gasteiger partial charge in [-0.05, 0) is 25.1 Å². The van der Waals surface area contributed by atoms with Gasteiger partial charge in [0.25, 0.3) is 0 Å². The minimum atomic E-state index is -1.13. The highest BCUT2D eigenvalue weighted by molar-refractivity contribution is 5.95. The van der Waals surface area contributed by atoms with Crippen LogP contribution in [0.1, 0.15) is 27.6 Å². The number of hydrogen-bond acceptors (Lipinski definition) is 4. The van der Waals surface area contributed by atoms with Crippen molar-refractivity contribution in [2.24, 2.45) is 0 Å². The van der Waals surface area contributed by atoms with E-state index in [-0.39, 0.29) is 30.1 Å². The largest absolute Gasteiger partial charge is 0.490 e. The summed E-state index contributed by atoms with van der Waals surface area (Å²) < 4.78 is 10.0. The maximum absolute atomic E-state index is 11.6. The molecule has 0 aliphatic carbocycles. The summed E-state index contributed by atoms with van der Waals surface area (Å²) in [6.45, 7) is 5.61. The SMILES string of the molecule is C=CCOc1cc(C(=O)O)cc(C(=O)OCC)c1. The molecule has 0 heterocycles. The third-order valence-corrected chi connectivity index (χ3v) is 2.03. The first-order chi connectivity index (χ1) is 8.58. The van der Waals surface area contributed by atoms with Gasteiger partial charge in [0, 0.05) is 0 Å². The first-order valence-corrected chi connectivity index (χ1v) is 5.37. The summed E-state index contributed by atoms with van der Waals surface area (Å²) in [5.41, 5.74) is 0.121. The van der Waals surface area contributed by atoms with Crippen LogP contribution in [0.2, 0.25) is 0 Å². The molecule has 0 amide bonds. The monoisotopic (exact) mass is 250 g/mol. The highest BCUT2D eigenvalue weighted by Gasteiger charge is 2.13. The Kier molecular flexibility index (Phi) is 4.92. The molecule has 0 saturated heterocycles. The quantitative estimate of drug-likeness (QED) is 0.618. The predicted molar refractivity (Wildman–Crippen MR) is 65.0 cm³/mol. The summed E-state index contributed by atoms with van der Waals surface area (Å²) in [5.74, 6) is -1.42. The summed E-state index contributed by atoms with van der Waals surface area (Å²) in [4.78, 5) is 22.5. The first kappa shape index (κ1) is 13.8. The zero-order valence-electron chi connectivity index (χ0n) is 10.0. The second-order valence-electron chi connectivity index (χ2n) is 3.37. The molecule has 1 N–H and O–H groups in total. The van der Waals surface area contributed by atoms with Gasteiger partial charge in [0.2, 0.25) is 0 Å². The zero-order chi connectivity index (χ0) is 13.5. The van der Waals surface area contributed by atoms with E-state index in [9.17, 15) is 9.59 Å². The van der Waals surface area contributed by atoms with Crippen LogP contribution in [0.5, 0.6) is 5.75 Å². The summed E-state index contributed by atoms with van der Waals surface area (Å²) in [6, 6.07) is 4.03. The van der Waals surface area contributed by atoms with E-state index >= 15 is 0 Å². The fraction of sp³-hybridized carbons (Fsp3) is 0.231. The molecule has 0 saturated carbocycles. The van der Waals surface area contributed by atoms with E-state index in [1.165, 1.54) is 24.3 Å². The highest BCUT2D eigenvalue weighted by Crippen LogP contribution is 2.18. The number of carboxylic acids is 1. The van der Waals surface area contributed by atoms with Gasteiger partial charge in [-0.3, -0.25) is 0 Å². The molecule has 5 nitrogen and oxygen atoms in total. The number of carboxylic acid groups (broad SMARTS) is 1. The molecule has 0 aliphatic heterocycles. The smallest absolute Gasteiger partial charge is 0.338 e. The van der Waals surface area contributed by atoms with Crippen molar-refractivity contribution >= 4 is 11.9 Å². The normalized spacial score (nSPS) is 9.61. The van der Waals surface area contributed by atoms with Crippen LogP contribution in [0, 0.1) is 0 Å². The van der Waals surface area contributed by atoms with Gasteiger partial charge in [-0.25, -0.2) is 9.59 Å². The van der Waals surface area contributed by atoms with Crippen LogP contribution < -0.4 is 4.74 Å². The van der Waals surface area contributed by atoms with E-state index in [0.29, 0.717) is 0 Å². The molecule has 0 aliphatic rings. The average Bonchev–Trinajstić information content (AvgIpc) is 2.36. The molecule has 1 aromatic rings. The van der Waals surface area contributed by atoms with Crippen molar-refractivity contribution in [3.8, 4) is 5.75 Å². The Morgan fingerprint density at radius 1 is 1.33 bits per heavy atom. The summed E-state index contributed by atoms with van der Waals surface area (Å²) in [6.07, 6.45) is 1.53. The van der Waals surface area contributed by atoms with Crippen LogP contribution >= 0.6 is 0 Å². The summed E-state index contributed by atoms with van der Waals surface area (Å²) in [5, 5.41) is 8.94. The number of hydrogen-bond donors (Lipinski definition) is 1. The molecule has 5 heteroatoms. The van der Waals surface area contributed by atoms with Gasteiger partial charge < -0.3 is 14.6 Å². The molecule has 0 aromatic heterocycles. The summed E-state index contributed by atoms with van der Waals surface area (Å²) in [7, 11) is 0. The van der Waals surface area contributed by atoms with Gasteiger partial charge in [-0.15, -0.1) is 0 Å². The van der Waals surface area contributed by atoms with Crippen molar-refractivity contribution in [1.82, 2.24) is 0 Å². The molecule has 96 valence electrons. The molecule has 0 unspecified atom stereocenters. The Bertz CT molecular complexity index is 464. The highest BCUT2D eigenvalue weighted by atomic mass is 16.5. The van der Waals surface area contributed by atoms with Crippen molar-refractivity contribution in [3.05, 3.63) is 42.0 Å². The number of esters is 1. The van der Waals surface area contributed by atoms with Crippen molar-refractivity contribution in [2.45, 2.75) is 6.92 Å². The van der Waals surface area contributed by atoms with Crippen LogP contribution in [0.4, 0.5) is 0 Å². The Balaban J connectivity index is 3.08. The van der Waals surface area contributed by atoms with E-state index in [0.717, 1.165) is 0 Å². The molecule has 0 fully saturated rings. The molecule has 0 atom stereocenters. The Hall–Kier alpha value is -2.30. The minimum Gasteiger partial charge on any atom is -0.490 e. The molecule has 18 heavy (non-hydrogen) atoms. The maximum atomic E-state index is 11.6. The molecular weight excluding hydrogens is 236 g/mol. The first-order valence-electron chi connectivity index (χ1n) is 5.37. The third-order valence-electron chi connectivity index (χ3n) is 2.03. The van der Waals surface area contributed by atoms with Crippen molar-refractivity contribution < 1.29 is 24.2 Å². The van der Waals surface area contributed by atoms with E-state index in [2.05, 4.69) is 6.58 Å². The van der Waals surface area contributed by atoms with Gasteiger partial charge in [0.15, 0.2) is 0 Å². The van der Waals surface area contributed by atoms with Gasteiger partial charge in [-0.2, -0.15) is 0 Å². The molecular formula is C13H14O5. The number of rotatable bonds is 6. The van der Waals surface area contributed by atoms with Crippen LogP contribution in [0.3, 0.4) is 0 Å². The lowest BCUT2D eigenvalue weighted by molar-refractivity contribution is 0.0526. The van der Waals surface area contributed by atoms with E-state index < -0.39 is 11.9 Å². The average molecular weight is 250 g/mol. The van der Waals surface area contributed by atoms with E-state index in [1.807, 2.05) is 0 Å². The van der Waals surface area contributed by atoms with Gasteiger partial charge in [0.05, 0.1) is 17.7 Å². The number of ether oxygens (including phenoxy) is 2. The molecule has 0 radical (unpaired) electrons. The minimum absolute atomic E-state index is 0.0281. The number of carbonyl (C=O) groups excluding carboxylic acids is 1. The second-order valence-corrected chi connectivity index (χ2v) is 3.37. The van der Waals surface area contributed by atoms with Gasteiger partial charge in [0.1, 0.15) is 12.4 Å². The fourth-order valence-electron chi connectivity index (χ4n) is 1.29. The van der Waals surface area contributed by atoms with E-state index in [1.54, 1.807) is 6.92 Å².